The van der Waals surface area contributed by atoms with Crippen molar-refractivity contribution in [3.05, 3.63) is 29.6 Å². The Bertz CT molecular complexity index is 406. The highest BCUT2D eigenvalue weighted by Crippen LogP contribution is 2.08. The average molecular weight is 264 g/mol. The second-order valence-electron chi connectivity index (χ2n) is 4.84. The highest BCUT2D eigenvalue weighted by atomic mass is 16.2. The Morgan fingerprint density at radius 2 is 2.26 bits per heavy atom. The first-order chi connectivity index (χ1) is 9.06. The molecule has 1 aromatic rings. The lowest BCUT2D eigenvalue weighted by atomic mass is 10.1. The van der Waals surface area contributed by atoms with E-state index in [1.807, 2.05) is 32.9 Å². The zero-order chi connectivity index (χ0) is 14.3. The van der Waals surface area contributed by atoms with Gasteiger partial charge in [-0.3, -0.25) is 14.7 Å². The van der Waals surface area contributed by atoms with E-state index in [1.165, 1.54) is 0 Å². The minimum absolute atomic E-state index is 0.0510. The molecule has 0 saturated carbocycles. The summed E-state index contributed by atoms with van der Waals surface area (Å²) in [6, 6.07) is 4.08. The second kappa shape index (κ2) is 7.86. The molecule has 0 aliphatic rings. The number of carbonyl (C=O) groups excluding carboxylic acids is 1. The van der Waals surface area contributed by atoms with Crippen molar-refractivity contribution >= 4 is 5.91 Å². The maximum atomic E-state index is 11.8. The fourth-order valence-electron chi connectivity index (χ4n) is 1.89. The van der Waals surface area contributed by atoms with Gasteiger partial charge in [0.2, 0.25) is 5.91 Å². The molecular formula is C14H24N4O. The number of nitrogens with zero attached hydrogens (tertiary/aromatic N) is 2. The van der Waals surface area contributed by atoms with Crippen molar-refractivity contribution in [3.63, 3.8) is 0 Å². The molecular weight excluding hydrogens is 240 g/mol. The van der Waals surface area contributed by atoms with Gasteiger partial charge in [0, 0.05) is 25.3 Å². The van der Waals surface area contributed by atoms with Gasteiger partial charge in [-0.2, -0.15) is 0 Å². The first-order valence-corrected chi connectivity index (χ1v) is 6.71. The maximum Gasteiger partial charge on any atom is 0.234 e. The summed E-state index contributed by atoms with van der Waals surface area (Å²) >= 11 is 0. The van der Waals surface area contributed by atoms with Crippen LogP contribution in [-0.4, -0.2) is 34.9 Å². The maximum absolute atomic E-state index is 11.8. The SMILES string of the molecule is CCN(CC(=O)NC(C)C)Cc1cccnc1CN. The van der Waals surface area contributed by atoms with Crippen LogP contribution in [0.3, 0.4) is 0 Å². The van der Waals surface area contributed by atoms with Crippen LogP contribution >= 0.6 is 0 Å². The number of nitrogens with one attached hydrogen (secondary N) is 1. The van der Waals surface area contributed by atoms with Crippen molar-refractivity contribution in [1.82, 2.24) is 15.2 Å². The Labute approximate surface area is 115 Å². The van der Waals surface area contributed by atoms with E-state index in [-0.39, 0.29) is 11.9 Å². The normalized spacial score (nSPS) is 11.1. The minimum atomic E-state index is 0.0510. The fourth-order valence-corrected chi connectivity index (χ4v) is 1.89. The van der Waals surface area contributed by atoms with Crippen LogP contribution in [0.15, 0.2) is 18.3 Å². The van der Waals surface area contributed by atoms with Gasteiger partial charge < -0.3 is 11.1 Å². The predicted octanol–water partition coefficient (Wildman–Crippen LogP) is 0.887. The lowest BCUT2D eigenvalue weighted by Gasteiger charge is -2.21. The average Bonchev–Trinajstić information content (AvgIpc) is 2.37. The van der Waals surface area contributed by atoms with Gasteiger partial charge >= 0.3 is 0 Å². The Morgan fingerprint density at radius 3 is 2.84 bits per heavy atom. The van der Waals surface area contributed by atoms with Gasteiger partial charge in [0.05, 0.1) is 12.2 Å². The molecule has 0 aromatic carbocycles. The molecule has 0 saturated heterocycles. The van der Waals surface area contributed by atoms with E-state index in [2.05, 4.69) is 15.2 Å². The fraction of sp³-hybridized carbons (Fsp3) is 0.571. The number of pyridine rings is 1. The number of carbonyl (C=O) groups is 1. The van der Waals surface area contributed by atoms with Crippen LogP contribution in [-0.2, 0) is 17.9 Å². The lowest BCUT2D eigenvalue weighted by Crippen LogP contribution is -2.39. The molecule has 106 valence electrons. The van der Waals surface area contributed by atoms with E-state index in [1.54, 1.807) is 6.20 Å². The standard InChI is InChI=1S/C14H24N4O/c1-4-18(10-14(19)17-11(2)3)9-12-6-5-7-16-13(12)8-15/h5-7,11H,4,8-10,15H2,1-3H3,(H,17,19). The third-order valence-corrected chi connectivity index (χ3v) is 2.84. The highest BCUT2D eigenvalue weighted by Gasteiger charge is 2.12. The van der Waals surface area contributed by atoms with Gasteiger partial charge in [0.25, 0.3) is 0 Å². The van der Waals surface area contributed by atoms with Gasteiger partial charge in [-0.1, -0.05) is 13.0 Å². The molecule has 0 aliphatic carbocycles. The van der Waals surface area contributed by atoms with Crippen LogP contribution < -0.4 is 11.1 Å². The monoisotopic (exact) mass is 264 g/mol. The zero-order valence-electron chi connectivity index (χ0n) is 12.0. The third-order valence-electron chi connectivity index (χ3n) is 2.84. The van der Waals surface area contributed by atoms with E-state index >= 15 is 0 Å². The van der Waals surface area contributed by atoms with Gasteiger partial charge in [-0.15, -0.1) is 0 Å². The smallest absolute Gasteiger partial charge is 0.234 e. The van der Waals surface area contributed by atoms with Crippen molar-refractivity contribution < 1.29 is 4.79 Å². The molecule has 0 radical (unpaired) electrons. The first-order valence-electron chi connectivity index (χ1n) is 6.71. The molecule has 5 nitrogen and oxygen atoms in total. The molecule has 3 N–H and O–H groups in total. The molecule has 1 heterocycles. The van der Waals surface area contributed by atoms with Crippen molar-refractivity contribution in [1.29, 1.82) is 0 Å². The van der Waals surface area contributed by atoms with Crippen molar-refractivity contribution in [2.75, 3.05) is 13.1 Å². The number of rotatable bonds is 7. The first kappa shape index (κ1) is 15.6. The number of amides is 1. The number of likely N-dealkylation sites (N-methyl/N-ethyl adjacent to an activating group) is 1. The predicted molar refractivity (Wildman–Crippen MR) is 76.4 cm³/mol. The van der Waals surface area contributed by atoms with E-state index in [0.29, 0.717) is 19.6 Å². The summed E-state index contributed by atoms with van der Waals surface area (Å²) in [6.07, 6.45) is 1.74. The van der Waals surface area contributed by atoms with E-state index in [0.717, 1.165) is 17.8 Å². The molecule has 0 spiro atoms. The Balaban J connectivity index is 2.63. The molecule has 1 aromatic heterocycles. The number of hydrogen-bond acceptors (Lipinski definition) is 4. The second-order valence-corrected chi connectivity index (χ2v) is 4.84. The van der Waals surface area contributed by atoms with Crippen molar-refractivity contribution in [2.24, 2.45) is 5.73 Å². The topological polar surface area (TPSA) is 71.2 Å². The number of hydrogen-bond donors (Lipinski definition) is 2. The quantitative estimate of drug-likeness (QED) is 0.767. The molecule has 0 aliphatic heterocycles. The summed E-state index contributed by atoms with van der Waals surface area (Å²) in [5.74, 6) is 0.0510. The Kier molecular flexibility index (Phi) is 6.45. The molecule has 0 bridgehead atoms. The van der Waals surface area contributed by atoms with Gasteiger partial charge in [-0.25, -0.2) is 0 Å². The Morgan fingerprint density at radius 1 is 1.53 bits per heavy atom. The van der Waals surface area contributed by atoms with Gasteiger partial charge in [0.15, 0.2) is 0 Å². The molecule has 5 heteroatoms. The van der Waals surface area contributed by atoms with Crippen LogP contribution in [0.25, 0.3) is 0 Å². The summed E-state index contributed by atoms with van der Waals surface area (Å²) in [7, 11) is 0. The lowest BCUT2D eigenvalue weighted by molar-refractivity contribution is -0.122. The summed E-state index contributed by atoms with van der Waals surface area (Å²) in [6.45, 7) is 8.29. The third kappa shape index (κ3) is 5.36. The van der Waals surface area contributed by atoms with Crippen molar-refractivity contribution in [2.45, 2.75) is 39.9 Å². The van der Waals surface area contributed by atoms with E-state index < -0.39 is 0 Å². The highest BCUT2D eigenvalue weighted by molar-refractivity contribution is 5.78. The minimum Gasteiger partial charge on any atom is -0.353 e. The number of aromatic nitrogens is 1. The molecule has 19 heavy (non-hydrogen) atoms. The molecule has 1 rings (SSSR count). The summed E-state index contributed by atoms with van der Waals surface area (Å²) in [5, 5.41) is 2.90. The molecule has 0 fully saturated rings. The van der Waals surface area contributed by atoms with Crippen LogP contribution in [0, 0.1) is 0 Å². The van der Waals surface area contributed by atoms with Crippen LogP contribution in [0.5, 0.6) is 0 Å². The van der Waals surface area contributed by atoms with Gasteiger partial charge in [0.1, 0.15) is 0 Å². The summed E-state index contributed by atoms with van der Waals surface area (Å²) < 4.78 is 0. The van der Waals surface area contributed by atoms with Gasteiger partial charge in [-0.05, 0) is 32.0 Å². The Hall–Kier alpha value is -1.46. The largest absolute Gasteiger partial charge is 0.353 e. The number of nitrogens with two attached hydrogens (primary N) is 1. The van der Waals surface area contributed by atoms with Crippen LogP contribution in [0.4, 0.5) is 0 Å². The van der Waals surface area contributed by atoms with E-state index in [9.17, 15) is 4.79 Å². The summed E-state index contributed by atoms with van der Waals surface area (Å²) in [5.41, 5.74) is 7.66. The zero-order valence-corrected chi connectivity index (χ0v) is 12.0. The van der Waals surface area contributed by atoms with E-state index in [4.69, 9.17) is 5.73 Å². The molecule has 1 amide bonds. The molecule has 0 atom stereocenters. The van der Waals surface area contributed by atoms with Crippen molar-refractivity contribution in [3.8, 4) is 0 Å². The summed E-state index contributed by atoms with van der Waals surface area (Å²) in [4.78, 5) is 18.1. The van der Waals surface area contributed by atoms with Crippen LogP contribution in [0.1, 0.15) is 32.0 Å². The van der Waals surface area contributed by atoms with Crippen LogP contribution in [0.2, 0.25) is 0 Å². The molecule has 0 unspecified atom stereocenters.